The number of carbonyl (C=O) groups is 2. The summed E-state index contributed by atoms with van der Waals surface area (Å²) in [6, 6.07) is 0.0926. The van der Waals surface area contributed by atoms with E-state index >= 15 is 0 Å². The van der Waals surface area contributed by atoms with Gasteiger partial charge in [-0.05, 0) is 60.9 Å². The molecular weight excluding hydrogens is 288 g/mol. The van der Waals surface area contributed by atoms with E-state index in [0.717, 1.165) is 25.5 Å². The molecule has 1 saturated carbocycles. The van der Waals surface area contributed by atoms with E-state index in [1.807, 2.05) is 20.8 Å². The van der Waals surface area contributed by atoms with Gasteiger partial charge in [0.15, 0.2) is 5.79 Å². The number of aldehydes is 1. The van der Waals surface area contributed by atoms with Gasteiger partial charge in [0, 0.05) is 12.0 Å². The van der Waals surface area contributed by atoms with Crippen molar-refractivity contribution in [2.45, 2.75) is 71.3 Å². The fraction of sp³-hybridized carbons (Fsp3) is 0.867. The first-order valence-corrected chi connectivity index (χ1v) is 7.38. The van der Waals surface area contributed by atoms with Crippen molar-refractivity contribution in [2.75, 3.05) is 7.05 Å². The third-order valence-electron chi connectivity index (χ3n) is 2.39. The monoisotopic (exact) mass is 320 g/mol. The summed E-state index contributed by atoms with van der Waals surface area (Å²) in [6.45, 7) is 8.08. The molecule has 22 heavy (non-hydrogen) atoms. The van der Waals surface area contributed by atoms with Crippen molar-refractivity contribution in [1.82, 2.24) is 5.32 Å². The fourth-order valence-corrected chi connectivity index (χ4v) is 1.75. The Morgan fingerprint density at radius 1 is 1.18 bits per heavy atom. The summed E-state index contributed by atoms with van der Waals surface area (Å²) in [5, 5.41) is 18.9. The molecule has 0 aliphatic heterocycles. The van der Waals surface area contributed by atoms with Crippen molar-refractivity contribution in [3.63, 3.8) is 0 Å². The molecule has 0 heterocycles. The summed E-state index contributed by atoms with van der Waals surface area (Å²) in [7, 11) is 1.50. The Balaban J connectivity index is 0. The molecular formula is C15H32N2O5. The molecule has 2 atom stereocenters. The molecule has 0 spiro atoms. The number of amides is 1. The number of alkyl carbamates (subject to hydrolysis) is 1. The van der Waals surface area contributed by atoms with Gasteiger partial charge in [0.1, 0.15) is 11.9 Å². The van der Waals surface area contributed by atoms with E-state index in [0.29, 0.717) is 0 Å². The first-order valence-electron chi connectivity index (χ1n) is 7.38. The minimum absolute atomic E-state index is 0.0926. The van der Waals surface area contributed by atoms with Crippen LogP contribution in [0.15, 0.2) is 0 Å². The van der Waals surface area contributed by atoms with Crippen molar-refractivity contribution >= 4 is 12.4 Å². The fourth-order valence-electron chi connectivity index (χ4n) is 1.75. The molecule has 1 aliphatic carbocycles. The maximum Gasteiger partial charge on any atom is 0.407 e. The van der Waals surface area contributed by atoms with Gasteiger partial charge in [-0.2, -0.15) is 0 Å². The lowest BCUT2D eigenvalue weighted by molar-refractivity contribution is -0.127. The van der Waals surface area contributed by atoms with E-state index in [2.05, 4.69) is 11.1 Å². The quantitative estimate of drug-likeness (QED) is 0.447. The number of nitrogens with one attached hydrogen (secondary N) is 1. The van der Waals surface area contributed by atoms with Gasteiger partial charge in [0.05, 0.1) is 0 Å². The largest absolute Gasteiger partial charge is 0.444 e. The zero-order valence-corrected chi connectivity index (χ0v) is 14.5. The summed E-state index contributed by atoms with van der Waals surface area (Å²) in [6.07, 6.45) is 3.05. The average molecular weight is 320 g/mol. The number of hydrogen-bond acceptors (Lipinski definition) is 6. The van der Waals surface area contributed by atoms with Gasteiger partial charge < -0.3 is 30.8 Å². The zero-order chi connectivity index (χ0) is 18.0. The topological polar surface area (TPSA) is 122 Å². The van der Waals surface area contributed by atoms with Crippen molar-refractivity contribution in [2.24, 2.45) is 11.7 Å². The van der Waals surface area contributed by atoms with Crippen LogP contribution in [0.3, 0.4) is 0 Å². The molecule has 0 saturated heterocycles. The van der Waals surface area contributed by atoms with E-state index < -0.39 is 11.4 Å². The minimum atomic E-state index is -1.50. The Labute approximate surface area is 133 Å². The van der Waals surface area contributed by atoms with Crippen molar-refractivity contribution in [1.29, 1.82) is 0 Å². The van der Waals surface area contributed by atoms with Gasteiger partial charge in [-0.3, -0.25) is 0 Å². The smallest absolute Gasteiger partial charge is 0.407 e. The van der Waals surface area contributed by atoms with E-state index in [-0.39, 0.29) is 18.1 Å². The molecule has 132 valence electrons. The van der Waals surface area contributed by atoms with Gasteiger partial charge in [0.2, 0.25) is 0 Å². The van der Waals surface area contributed by atoms with Gasteiger partial charge >= 0.3 is 6.09 Å². The van der Waals surface area contributed by atoms with E-state index in [1.54, 1.807) is 0 Å². The summed E-state index contributed by atoms with van der Waals surface area (Å²) >= 11 is 0. The highest BCUT2D eigenvalue weighted by Crippen LogP contribution is 2.23. The molecule has 0 aromatic heterocycles. The second-order valence-corrected chi connectivity index (χ2v) is 6.55. The molecule has 1 aliphatic rings. The van der Waals surface area contributed by atoms with Crippen LogP contribution in [0.25, 0.3) is 0 Å². The lowest BCUT2D eigenvalue weighted by Gasteiger charge is -2.21. The van der Waals surface area contributed by atoms with Crippen molar-refractivity contribution < 1.29 is 24.5 Å². The molecule has 2 unspecified atom stereocenters. The van der Waals surface area contributed by atoms with E-state index in [1.165, 1.54) is 20.9 Å². The predicted molar refractivity (Wildman–Crippen MR) is 85.2 cm³/mol. The summed E-state index contributed by atoms with van der Waals surface area (Å²) in [4.78, 5) is 21.9. The second-order valence-electron chi connectivity index (χ2n) is 6.55. The molecule has 0 aromatic carbocycles. The number of aliphatic hydroxyl groups is 2. The van der Waals surface area contributed by atoms with Crippen LogP contribution in [0.2, 0.25) is 0 Å². The van der Waals surface area contributed by atoms with Crippen LogP contribution in [0.4, 0.5) is 4.79 Å². The molecule has 0 bridgehead atoms. The minimum Gasteiger partial charge on any atom is -0.444 e. The second kappa shape index (κ2) is 10.5. The summed E-state index contributed by atoms with van der Waals surface area (Å²) < 4.78 is 5.13. The molecule has 7 nitrogen and oxygen atoms in total. The highest BCUT2D eigenvalue weighted by molar-refractivity contribution is 5.68. The lowest BCUT2D eigenvalue weighted by Crippen LogP contribution is -2.37. The third-order valence-corrected chi connectivity index (χ3v) is 2.39. The Hall–Kier alpha value is -1.18. The zero-order valence-electron chi connectivity index (χ0n) is 14.5. The number of ether oxygens (including phenoxy) is 1. The molecule has 1 fully saturated rings. The Morgan fingerprint density at radius 3 is 1.95 bits per heavy atom. The van der Waals surface area contributed by atoms with Crippen molar-refractivity contribution in [3.05, 3.63) is 0 Å². The van der Waals surface area contributed by atoms with Crippen LogP contribution in [-0.2, 0) is 9.53 Å². The SMILES string of the molecule is CC(C)(C)OC(=O)NC1CCC(C=O)C1.CC(C)(O)O.CN. The average Bonchev–Trinajstić information content (AvgIpc) is 2.74. The highest BCUT2D eigenvalue weighted by atomic mass is 16.6. The van der Waals surface area contributed by atoms with Gasteiger partial charge in [0.25, 0.3) is 0 Å². The van der Waals surface area contributed by atoms with Crippen LogP contribution in [-0.4, -0.2) is 47.1 Å². The van der Waals surface area contributed by atoms with Crippen molar-refractivity contribution in [3.8, 4) is 0 Å². The molecule has 1 rings (SSSR count). The van der Waals surface area contributed by atoms with E-state index in [4.69, 9.17) is 14.9 Å². The number of nitrogens with two attached hydrogens (primary N) is 1. The van der Waals surface area contributed by atoms with Crippen LogP contribution < -0.4 is 11.1 Å². The standard InChI is InChI=1S/C11H19NO3.C3H8O2.CH5N/c1-11(2,3)15-10(14)12-9-5-4-8(6-9)7-13;1-3(2,4)5;1-2/h7-9H,4-6H2,1-3H3,(H,12,14);4-5H,1-2H3;2H2,1H3. The summed E-state index contributed by atoms with van der Waals surface area (Å²) in [5.74, 6) is -1.40. The normalized spacial score (nSPS) is 20.8. The first-order chi connectivity index (χ1) is 9.90. The van der Waals surface area contributed by atoms with Gasteiger partial charge in [-0.25, -0.2) is 4.79 Å². The number of hydrogen-bond donors (Lipinski definition) is 4. The third kappa shape index (κ3) is 16.9. The van der Waals surface area contributed by atoms with E-state index in [9.17, 15) is 9.59 Å². The predicted octanol–water partition coefficient (Wildman–Crippen LogP) is 1.16. The first kappa shape index (κ1) is 23.1. The molecule has 1 amide bonds. The molecule has 0 aromatic rings. The highest BCUT2D eigenvalue weighted by Gasteiger charge is 2.27. The van der Waals surface area contributed by atoms with Crippen LogP contribution in [0, 0.1) is 5.92 Å². The van der Waals surface area contributed by atoms with Crippen LogP contribution >= 0.6 is 0 Å². The Kier molecular flexibility index (Phi) is 11.1. The Morgan fingerprint density at radius 2 is 1.64 bits per heavy atom. The molecule has 5 N–H and O–H groups in total. The number of carbonyl (C=O) groups excluding carboxylic acids is 2. The van der Waals surface area contributed by atoms with Gasteiger partial charge in [-0.1, -0.05) is 0 Å². The maximum atomic E-state index is 11.4. The lowest BCUT2D eigenvalue weighted by atomic mass is 10.1. The summed E-state index contributed by atoms with van der Waals surface area (Å²) in [5.41, 5.74) is 4.03. The maximum absolute atomic E-state index is 11.4. The van der Waals surface area contributed by atoms with Crippen LogP contribution in [0.5, 0.6) is 0 Å². The number of rotatable bonds is 2. The molecule has 0 radical (unpaired) electrons. The molecule has 7 heteroatoms. The Bertz CT molecular complexity index is 315. The van der Waals surface area contributed by atoms with Gasteiger partial charge in [-0.15, -0.1) is 0 Å². The van der Waals surface area contributed by atoms with Crippen LogP contribution in [0.1, 0.15) is 53.9 Å².